The molecule has 0 radical (unpaired) electrons. The zero-order valence-corrected chi connectivity index (χ0v) is 34.2. The molecule has 288 valence electrons. The van der Waals surface area contributed by atoms with Gasteiger partial charge in [0.2, 0.25) is 0 Å². The predicted molar refractivity (Wildman–Crippen MR) is 215 cm³/mol. The third kappa shape index (κ3) is 33.7. The Balaban J connectivity index is 5.29. The number of rotatable bonds is 36. The van der Waals surface area contributed by atoms with Gasteiger partial charge in [-0.15, -0.1) is 0 Å². The summed E-state index contributed by atoms with van der Waals surface area (Å²) in [5.41, 5.74) is 5.35. The van der Waals surface area contributed by atoms with E-state index in [0.717, 1.165) is 51.4 Å². The van der Waals surface area contributed by atoms with E-state index in [2.05, 4.69) is 79.7 Å². The van der Waals surface area contributed by atoms with Gasteiger partial charge in [0.05, 0.1) is 26.4 Å². The van der Waals surface area contributed by atoms with Crippen LogP contribution in [0.3, 0.4) is 0 Å². The summed E-state index contributed by atoms with van der Waals surface area (Å²) < 4.78 is 25.7. The lowest BCUT2D eigenvalue weighted by Gasteiger charge is -2.32. The van der Waals surface area contributed by atoms with Crippen molar-refractivity contribution in [1.82, 2.24) is 0 Å². The summed E-state index contributed by atoms with van der Waals surface area (Å²) in [6.45, 7) is 19.5. The molecule has 0 bridgehead atoms. The highest BCUT2D eigenvalue weighted by Gasteiger charge is 2.35. The lowest BCUT2D eigenvalue weighted by molar-refractivity contribution is -0.495. The molecular weight excluding hydrogens is 604 g/mol. The monoisotopic (exact) mass is 689 g/mol. The third-order valence-corrected chi connectivity index (χ3v) is 9.12. The minimum absolute atomic E-state index is 0.403. The first-order chi connectivity index (χ1) is 23.7. The van der Waals surface area contributed by atoms with Gasteiger partial charge in [0.25, 0.3) is 0 Å². The first-order valence-electron chi connectivity index (χ1n) is 20.9. The van der Waals surface area contributed by atoms with Gasteiger partial charge < -0.3 is 9.47 Å². The first-order valence-corrected chi connectivity index (χ1v) is 20.9. The van der Waals surface area contributed by atoms with Crippen LogP contribution in [-0.2, 0) is 18.9 Å². The highest BCUT2D eigenvalue weighted by atomic mass is 17.0. The second-order valence-electron chi connectivity index (χ2n) is 14.9. The fraction of sp³-hybridized carbons (Fsp3) is 0.822. The normalized spacial score (nSPS) is 12.5. The van der Waals surface area contributed by atoms with Gasteiger partial charge >= 0.3 is 6.16 Å². The summed E-state index contributed by atoms with van der Waals surface area (Å²) in [7, 11) is 0. The molecule has 49 heavy (non-hydrogen) atoms. The molecule has 0 fully saturated rings. The van der Waals surface area contributed by atoms with Gasteiger partial charge in [-0.3, -0.25) is 9.47 Å². The Hall–Kier alpha value is -1.20. The average Bonchev–Trinajstić information content (AvgIpc) is 3.05. The topological polar surface area (TPSA) is 36.9 Å². The van der Waals surface area contributed by atoms with Crippen molar-refractivity contribution >= 4 is 0 Å². The van der Waals surface area contributed by atoms with Gasteiger partial charge in [0.15, 0.2) is 0 Å². The number of unbranched alkanes of at least 4 members (excludes halogenated alkanes) is 18. The first kappa shape index (κ1) is 47.8. The molecule has 0 aromatic heterocycles. The molecule has 0 rings (SSSR count). The summed E-state index contributed by atoms with van der Waals surface area (Å²) in [6, 6.07) is 0. The van der Waals surface area contributed by atoms with Gasteiger partial charge in [-0.25, -0.2) is 0 Å². The second-order valence-corrected chi connectivity index (χ2v) is 14.9. The van der Waals surface area contributed by atoms with Crippen molar-refractivity contribution in [1.29, 1.82) is 0 Å². The Morgan fingerprint density at radius 3 is 1.00 bits per heavy atom. The summed E-state index contributed by atoms with van der Waals surface area (Å²) in [5.74, 6) is 0. The van der Waals surface area contributed by atoms with E-state index in [1.807, 2.05) is 0 Å². The Morgan fingerprint density at radius 1 is 0.388 bits per heavy atom. The van der Waals surface area contributed by atoms with Gasteiger partial charge in [-0.05, 0) is 80.1 Å². The molecule has 0 heterocycles. The molecule has 0 N–H and O–H groups in total. The standard InChI is InChI=1S/C45H84O4/c1-9-11-13-15-17-19-21-23-25-27-37-46-45(48-39-35-43(7)33-29-31-41(3)4,49-40-36-44(8)34-30-32-42(5)6)47-38-28-26-24-22-20-18-16-14-12-10-2/h31-32,35-36H,9-30,33-34,37-40H2,1-8H3/b43-35+,44-36+. The van der Waals surface area contributed by atoms with Crippen molar-refractivity contribution in [2.75, 3.05) is 26.4 Å². The van der Waals surface area contributed by atoms with Crippen molar-refractivity contribution in [3.8, 4) is 0 Å². The molecule has 0 aromatic carbocycles. The van der Waals surface area contributed by atoms with Crippen molar-refractivity contribution < 1.29 is 18.9 Å². The van der Waals surface area contributed by atoms with Crippen LogP contribution in [0.4, 0.5) is 0 Å². The summed E-state index contributed by atoms with van der Waals surface area (Å²) >= 11 is 0. The molecular formula is C45H84O4. The molecule has 0 unspecified atom stereocenters. The Bertz CT molecular complexity index is 774. The van der Waals surface area contributed by atoms with Gasteiger partial charge in [-0.1, -0.05) is 176 Å². The molecule has 4 nitrogen and oxygen atoms in total. The predicted octanol–water partition coefficient (Wildman–Crippen LogP) is 14.9. The molecule has 0 atom stereocenters. The maximum absolute atomic E-state index is 6.44. The zero-order chi connectivity index (χ0) is 36.3. The second kappa shape index (κ2) is 35.2. The number of ether oxygens (including phenoxy) is 4. The maximum atomic E-state index is 6.44. The van der Waals surface area contributed by atoms with Crippen molar-refractivity contribution in [3.05, 3.63) is 46.6 Å². The quantitative estimate of drug-likeness (QED) is 0.0373. The Labute approximate surface area is 306 Å². The molecule has 4 heteroatoms. The molecule has 0 saturated heterocycles. The summed E-state index contributed by atoms with van der Waals surface area (Å²) in [5, 5.41) is 0. The van der Waals surface area contributed by atoms with E-state index in [-0.39, 0.29) is 0 Å². The van der Waals surface area contributed by atoms with Crippen LogP contribution in [0.5, 0.6) is 0 Å². The fourth-order valence-electron chi connectivity index (χ4n) is 5.78. The largest absolute Gasteiger partial charge is 0.413 e. The van der Waals surface area contributed by atoms with E-state index in [1.54, 1.807) is 0 Å². The van der Waals surface area contributed by atoms with Crippen molar-refractivity contribution in [2.24, 2.45) is 0 Å². The molecule has 0 spiro atoms. The lowest BCUT2D eigenvalue weighted by atomic mass is 10.1. The number of allylic oxidation sites excluding steroid dienone is 6. The number of hydrogen-bond donors (Lipinski definition) is 0. The van der Waals surface area contributed by atoms with Crippen LogP contribution in [0.25, 0.3) is 0 Å². The van der Waals surface area contributed by atoms with E-state index in [0.29, 0.717) is 26.4 Å². The molecule has 0 aromatic rings. The molecule has 0 aliphatic rings. The van der Waals surface area contributed by atoms with E-state index in [1.165, 1.54) is 125 Å². The van der Waals surface area contributed by atoms with Gasteiger partial charge in [-0.2, -0.15) is 0 Å². The lowest BCUT2D eigenvalue weighted by Crippen LogP contribution is -2.43. The van der Waals surface area contributed by atoms with E-state index in [9.17, 15) is 0 Å². The SMILES string of the molecule is CCCCCCCCCCCCOC(OC/C=C(\C)CCC=C(C)C)(OC/C=C(\C)CCC=C(C)C)OCCCCCCCCCCCC. The summed E-state index contributed by atoms with van der Waals surface area (Å²) in [4.78, 5) is 0. The van der Waals surface area contributed by atoms with Crippen LogP contribution < -0.4 is 0 Å². The van der Waals surface area contributed by atoms with Gasteiger partial charge in [0, 0.05) is 0 Å². The van der Waals surface area contributed by atoms with Gasteiger partial charge in [0.1, 0.15) is 0 Å². The molecule has 0 aliphatic heterocycles. The van der Waals surface area contributed by atoms with Crippen LogP contribution >= 0.6 is 0 Å². The maximum Gasteiger partial charge on any atom is 0.413 e. The van der Waals surface area contributed by atoms with Crippen LogP contribution in [0.15, 0.2) is 46.6 Å². The Morgan fingerprint density at radius 2 is 0.694 bits per heavy atom. The minimum atomic E-state index is -1.48. The van der Waals surface area contributed by atoms with Crippen LogP contribution in [0.1, 0.15) is 209 Å². The molecule has 0 aliphatic carbocycles. The highest BCUT2D eigenvalue weighted by molar-refractivity contribution is 5.03. The smallest absolute Gasteiger partial charge is 0.303 e. The fourth-order valence-corrected chi connectivity index (χ4v) is 5.78. The van der Waals surface area contributed by atoms with Crippen molar-refractivity contribution in [3.63, 3.8) is 0 Å². The molecule has 0 amide bonds. The average molecular weight is 689 g/mol. The number of hydrogen-bond acceptors (Lipinski definition) is 4. The van der Waals surface area contributed by atoms with Crippen LogP contribution in [0.2, 0.25) is 0 Å². The highest BCUT2D eigenvalue weighted by Crippen LogP contribution is 2.22. The third-order valence-electron chi connectivity index (χ3n) is 9.12. The minimum Gasteiger partial charge on any atom is -0.303 e. The van der Waals surface area contributed by atoms with E-state index < -0.39 is 6.16 Å². The Kier molecular flexibility index (Phi) is 34.4. The molecule has 0 saturated carbocycles. The van der Waals surface area contributed by atoms with Crippen LogP contribution in [-0.4, -0.2) is 32.6 Å². The zero-order valence-electron chi connectivity index (χ0n) is 34.2. The van der Waals surface area contributed by atoms with Crippen LogP contribution in [0, 0.1) is 0 Å². The summed E-state index contributed by atoms with van der Waals surface area (Å²) in [6.07, 6.45) is 37.4. The van der Waals surface area contributed by atoms with E-state index in [4.69, 9.17) is 18.9 Å². The van der Waals surface area contributed by atoms with Crippen molar-refractivity contribution in [2.45, 2.75) is 216 Å². The van der Waals surface area contributed by atoms with E-state index >= 15 is 0 Å².